The summed E-state index contributed by atoms with van der Waals surface area (Å²) in [4.78, 5) is 0. The number of hydrogen-bond acceptors (Lipinski definition) is 0. The first-order chi connectivity index (χ1) is 23.1. The molecule has 0 fully saturated rings. The van der Waals surface area contributed by atoms with Crippen molar-refractivity contribution >= 4 is 54.9 Å². The predicted molar refractivity (Wildman–Crippen MR) is 199 cm³/mol. The first-order valence-corrected chi connectivity index (χ1v) is 17.0. The van der Waals surface area contributed by atoms with Crippen molar-refractivity contribution in [2.75, 3.05) is 0 Å². The lowest BCUT2D eigenvalue weighted by Crippen LogP contribution is -2.26. The molecule has 2 unspecified atom stereocenters. The molecule has 0 saturated heterocycles. The Kier molecular flexibility index (Phi) is 5.61. The lowest BCUT2D eigenvalue weighted by atomic mass is 9.75. The Morgan fingerprint density at radius 3 is 2.28 bits per heavy atom. The Balaban J connectivity index is 1.34. The molecule has 47 heavy (non-hydrogen) atoms. The van der Waals surface area contributed by atoms with Crippen molar-refractivity contribution in [1.82, 2.24) is 9.13 Å². The fourth-order valence-corrected chi connectivity index (χ4v) is 8.97. The summed E-state index contributed by atoms with van der Waals surface area (Å²) in [6.07, 6.45) is 16.3. The second-order valence-corrected chi connectivity index (χ2v) is 14.1. The molecule has 2 nitrogen and oxygen atoms in total. The van der Waals surface area contributed by atoms with Gasteiger partial charge < -0.3 is 9.13 Å². The van der Waals surface area contributed by atoms with E-state index in [-0.39, 0.29) is 5.41 Å². The van der Waals surface area contributed by atoms with Crippen molar-refractivity contribution in [2.45, 2.75) is 32.1 Å². The molecule has 2 aliphatic carbocycles. The molecule has 3 heterocycles. The normalized spacial score (nSPS) is 19.8. The average Bonchev–Trinajstić information content (AvgIpc) is 3.65. The molecule has 0 spiro atoms. The molecule has 0 saturated carbocycles. The van der Waals surface area contributed by atoms with E-state index in [1.54, 1.807) is 0 Å². The van der Waals surface area contributed by atoms with Crippen LogP contribution in [0.1, 0.15) is 43.4 Å². The van der Waals surface area contributed by atoms with Gasteiger partial charge in [-0.2, -0.15) is 0 Å². The number of allylic oxidation sites excluding steroid dienone is 8. The maximum absolute atomic E-state index is 2.59. The van der Waals surface area contributed by atoms with Crippen LogP contribution in [0, 0.1) is 11.8 Å². The fourth-order valence-electron chi connectivity index (χ4n) is 8.97. The van der Waals surface area contributed by atoms with Gasteiger partial charge in [-0.25, -0.2) is 0 Å². The summed E-state index contributed by atoms with van der Waals surface area (Å²) in [5.41, 5.74) is 13.1. The number of rotatable bonds is 3. The van der Waals surface area contributed by atoms with Gasteiger partial charge in [-0.15, -0.1) is 0 Å². The van der Waals surface area contributed by atoms with Gasteiger partial charge in [-0.3, -0.25) is 0 Å². The van der Waals surface area contributed by atoms with Gasteiger partial charge in [-0.1, -0.05) is 135 Å². The van der Waals surface area contributed by atoms with Gasteiger partial charge in [0.1, 0.15) is 0 Å². The highest BCUT2D eigenvalue weighted by molar-refractivity contribution is 6.27. The maximum atomic E-state index is 2.59. The Morgan fingerprint density at radius 1 is 0.617 bits per heavy atom. The summed E-state index contributed by atoms with van der Waals surface area (Å²) in [5.74, 6) is 0.886. The van der Waals surface area contributed by atoms with E-state index in [1.165, 1.54) is 77.3 Å². The first kappa shape index (κ1) is 26.8. The highest BCUT2D eigenvalue weighted by Gasteiger charge is 2.35. The molecule has 226 valence electrons. The Morgan fingerprint density at radius 2 is 1.40 bits per heavy atom. The van der Waals surface area contributed by atoms with Gasteiger partial charge in [0, 0.05) is 32.7 Å². The molecule has 1 aliphatic heterocycles. The van der Waals surface area contributed by atoms with Crippen molar-refractivity contribution in [2.24, 2.45) is 11.8 Å². The molecule has 2 atom stereocenters. The van der Waals surface area contributed by atoms with E-state index < -0.39 is 0 Å². The van der Waals surface area contributed by atoms with Crippen LogP contribution in [0.5, 0.6) is 0 Å². The molecule has 0 radical (unpaired) electrons. The molecule has 0 amide bonds. The topological polar surface area (TPSA) is 9.86 Å². The van der Waals surface area contributed by atoms with E-state index >= 15 is 0 Å². The average molecular weight is 605 g/mol. The molecule has 3 aliphatic rings. The number of aromatic nitrogens is 2. The zero-order valence-electron chi connectivity index (χ0n) is 26.8. The van der Waals surface area contributed by atoms with Gasteiger partial charge in [0.15, 0.2) is 0 Å². The lowest BCUT2D eigenvalue weighted by molar-refractivity contribution is 0.483. The number of nitrogens with zero attached hydrogens (tertiary/aromatic N) is 2. The van der Waals surface area contributed by atoms with Gasteiger partial charge in [0.05, 0.1) is 27.8 Å². The number of benzene rings is 5. The standard InChI is InChI=1S/C45H36N2/c1-45(2)37-20-10-12-23-40(37)47-41-25-24-35-34-18-9-11-22-39(34)46(44(35)42(41)36-19-13-21-38(45)43(36)47)33-27-31(29-14-5-3-6-15-29)26-32(28-33)30-16-7-4-8-17-30/h3-16,18-25,27-28,30,32H,17,26H2,1-2H3. The molecule has 0 N–H and O–H groups in total. The number of fused-ring (bicyclic) bond motifs is 9. The number of hydrogen-bond donors (Lipinski definition) is 0. The van der Waals surface area contributed by atoms with Crippen molar-refractivity contribution in [3.8, 4) is 5.69 Å². The van der Waals surface area contributed by atoms with Crippen molar-refractivity contribution in [3.05, 3.63) is 162 Å². The molecule has 5 aromatic carbocycles. The molecular weight excluding hydrogens is 569 g/mol. The summed E-state index contributed by atoms with van der Waals surface area (Å²) in [7, 11) is 0. The van der Waals surface area contributed by atoms with E-state index in [9.17, 15) is 0 Å². The second-order valence-electron chi connectivity index (χ2n) is 14.1. The van der Waals surface area contributed by atoms with Crippen molar-refractivity contribution < 1.29 is 0 Å². The highest BCUT2D eigenvalue weighted by Crippen LogP contribution is 2.50. The third-order valence-corrected chi connectivity index (χ3v) is 11.2. The third kappa shape index (κ3) is 3.73. The summed E-state index contributed by atoms with van der Waals surface area (Å²) in [6, 6.07) is 40.7. The van der Waals surface area contributed by atoms with E-state index in [0.29, 0.717) is 11.8 Å². The lowest BCUT2D eigenvalue weighted by Gasteiger charge is -2.34. The molecule has 2 aromatic heterocycles. The Bertz CT molecular complexity index is 2540. The highest BCUT2D eigenvalue weighted by atomic mass is 15.0. The van der Waals surface area contributed by atoms with E-state index in [2.05, 4.69) is 169 Å². The summed E-state index contributed by atoms with van der Waals surface area (Å²) in [5, 5.41) is 5.27. The van der Waals surface area contributed by atoms with E-state index in [0.717, 1.165) is 12.8 Å². The SMILES string of the molecule is CC1(C)c2ccccc2-n2c3ccc4c5ccccc5n(C5=CC(C6C=CC=CC6)CC(c6ccccc6)=C5)c4c3c3cccc1c32. The van der Waals surface area contributed by atoms with Crippen molar-refractivity contribution in [3.63, 3.8) is 0 Å². The van der Waals surface area contributed by atoms with Gasteiger partial charge in [-0.05, 0) is 71.2 Å². The Hall–Kier alpha value is -5.34. The van der Waals surface area contributed by atoms with Crippen LogP contribution >= 0.6 is 0 Å². The van der Waals surface area contributed by atoms with Gasteiger partial charge in [0.25, 0.3) is 0 Å². The van der Waals surface area contributed by atoms with Crippen LogP contribution in [-0.4, -0.2) is 9.13 Å². The van der Waals surface area contributed by atoms with Crippen LogP contribution in [-0.2, 0) is 5.41 Å². The fraction of sp³-hybridized carbons (Fsp3) is 0.156. The summed E-state index contributed by atoms with van der Waals surface area (Å²) < 4.78 is 5.14. The monoisotopic (exact) mass is 604 g/mol. The summed E-state index contributed by atoms with van der Waals surface area (Å²) >= 11 is 0. The van der Waals surface area contributed by atoms with E-state index in [4.69, 9.17) is 0 Å². The van der Waals surface area contributed by atoms with Crippen LogP contribution in [0.4, 0.5) is 0 Å². The zero-order chi connectivity index (χ0) is 31.3. The molecule has 0 bridgehead atoms. The van der Waals surface area contributed by atoms with Crippen LogP contribution in [0.3, 0.4) is 0 Å². The Labute approximate surface area is 275 Å². The minimum Gasteiger partial charge on any atom is -0.309 e. The summed E-state index contributed by atoms with van der Waals surface area (Å²) in [6.45, 7) is 4.76. The van der Waals surface area contributed by atoms with Crippen LogP contribution in [0.25, 0.3) is 60.6 Å². The maximum Gasteiger partial charge on any atom is 0.0641 e. The predicted octanol–water partition coefficient (Wildman–Crippen LogP) is 11.6. The van der Waals surface area contributed by atoms with E-state index in [1.807, 2.05) is 0 Å². The second kappa shape index (κ2) is 9.83. The van der Waals surface area contributed by atoms with Crippen LogP contribution < -0.4 is 0 Å². The number of para-hydroxylation sites is 3. The van der Waals surface area contributed by atoms with Gasteiger partial charge in [0.2, 0.25) is 0 Å². The minimum absolute atomic E-state index is 0.0965. The van der Waals surface area contributed by atoms with Crippen LogP contribution in [0.15, 0.2) is 146 Å². The third-order valence-electron chi connectivity index (χ3n) is 11.2. The molecular formula is C45H36N2. The van der Waals surface area contributed by atoms with Crippen molar-refractivity contribution in [1.29, 1.82) is 0 Å². The minimum atomic E-state index is -0.0965. The molecule has 2 heteroatoms. The zero-order valence-corrected chi connectivity index (χ0v) is 26.8. The largest absolute Gasteiger partial charge is 0.309 e. The van der Waals surface area contributed by atoms with Gasteiger partial charge >= 0.3 is 0 Å². The quantitative estimate of drug-likeness (QED) is 0.190. The van der Waals surface area contributed by atoms with Crippen LogP contribution in [0.2, 0.25) is 0 Å². The molecule has 7 aromatic rings. The smallest absolute Gasteiger partial charge is 0.0641 e. The first-order valence-electron chi connectivity index (χ1n) is 17.0. The molecule has 10 rings (SSSR count).